The Labute approximate surface area is 173 Å². The lowest BCUT2D eigenvalue weighted by Gasteiger charge is -2.21. The fourth-order valence-electron chi connectivity index (χ4n) is 3.31. The van der Waals surface area contributed by atoms with Crippen molar-refractivity contribution < 1.29 is 5.11 Å². The molecule has 29 heavy (non-hydrogen) atoms. The van der Waals surface area contributed by atoms with Crippen LogP contribution in [0, 0.1) is 6.92 Å². The number of aliphatic imine (C=N–C) groups is 1. The zero-order chi connectivity index (χ0) is 20.1. The van der Waals surface area contributed by atoms with Crippen molar-refractivity contribution in [2.45, 2.75) is 6.92 Å². The fourth-order valence-corrected chi connectivity index (χ4v) is 5.73. The number of phenols is 1. The molecule has 0 spiro atoms. The minimum absolute atomic E-state index is 0.263. The third kappa shape index (κ3) is 4.45. The molecule has 0 saturated heterocycles. The van der Waals surface area contributed by atoms with Gasteiger partial charge in [0.2, 0.25) is 0 Å². The topological polar surface area (TPSA) is 32.6 Å². The maximum absolute atomic E-state index is 9.64. The van der Waals surface area contributed by atoms with Gasteiger partial charge < -0.3 is 5.11 Å². The zero-order valence-corrected chi connectivity index (χ0v) is 17.1. The highest BCUT2D eigenvalue weighted by molar-refractivity contribution is 7.80. The van der Waals surface area contributed by atoms with Crippen molar-refractivity contribution in [3.8, 4) is 5.75 Å². The first-order valence-corrected chi connectivity index (χ1v) is 10.9. The van der Waals surface area contributed by atoms with Gasteiger partial charge in [-0.1, -0.05) is 84.9 Å². The summed E-state index contributed by atoms with van der Waals surface area (Å²) in [7, 11) is -0.691. The number of rotatable bonds is 5. The standard InChI is InChI=1S/C26H22NOP/c1-20-18-22(28)16-17-25(20)27-19-21-10-8-9-15-26(21)29(23-11-4-2-5-12-23)24-13-6-3-7-14-24/h2-19,28H,1H3. The number of aromatic hydroxyl groups is 1. The first-order valence-electron chi connectivity index (χ1n) is 9.55. The van der Waals surface area contributed by atoms with Gasteiger partial charge in [0, 0.05) is 11.8 Å². The molecule has 0 atom stereocenters. The second-order valence-electron chi connectivity index (χ2n) is 6.79. The zero-order valence-electron chi connectivity index (χ0n) is 16.2. The molecule has 0 heterocycles. The molecule has 2 nitrogen and oxygen atoms in total. The van der Waals surface area contributed by atoms with Crippen LogP contribution in [0.3, 0.4) is 0 Å². The average Bonchev–Trinajstić information content (AvgIpc) is 2.76. The van der Waals surface area contributed by atoms with Crippen LogP contribution in [-0.2, 0) is 0 Å². The molecule has 4 aromatic carbocycles. The fraction of sp³-hybridized carbons (Fsp3) is 0.0385. The second-order valence-corrected chi connectivity index (χ2v) is 8.98. The third-order valence-electron chi connectivity index (χ3n) is 4.73. The summed E-state index contributed by atoms with van der Waals surface area (Å²) in [6.45, 7) is 1.96. The molecular formula is C26H22NOP. The molecule has 142 valence electrons. The highest BCUT2D eigenvalue weighted by Crippen LogP contribution is 2.34. The quantitative estimate of drug-likeness (QED) is 0.365. The van der Waals surface area contributed by atoms with Gasteiger partial charge in [0.1, 0.15) is 5.75 Å². The van der Waals surface area contributed by atoms with Crippen LogP contribution in [0.25, 0.3) is 0 Å². The molecule has 0 saturated carbocycles. The smallest absolute Gasteiger partial charge is 0.115 e. The Balaban J connectivity index is 1.80. The normalized spacial score (nSPS) is 11.2. The van der Waals surface area contributed by atoms with E-state index in [0.717, 1.165) is 16.8 Å². The molecule has 0 aliphatic rings. The van der Waals surface area contributed by atoms with Crippen LogP contribution in [0.4, 0.5) is 5.69 Å². The molecule has 0 aliphatic heterocycles. The summed E-state index contributed by atoms with van der Waals surface area (Å²) in [5.41, 5.74) is 2.92. The Morgan fingerprint density at radius 2 is 1.31 bits per heavy atom. The minimum atomic E-state index is -0.691. The first kappa shape index (κ1) is 19.1. The molecule has 0 aliphatic carbocycles. The number of hydrogen-bond acceptors (Lipinski definition) is 2. The van der Waals surface area contributed by atoms with Gasteiger partial charge in [0.15, 0.2) is 0 Å². The Morgan fingerprint density at radius 3 is 1.93 bits per heavy atom. The lowest BCUT2D eigenvalue weighted by molar-refractivity contribution is 0.475. The molecule has 3 heteroatoms. The van der Waals surface area contributed by atoms with Gasteiger partial charge in [-0.3, -0.25) is 4.99 Å². The van der Waals surface area contributed by atoms with E-state index >= 15 is 0 Å². The maximum atomic E-state index is 9.64. The van der Waals surface area contributed by atoms with E-state index in [-0.39, 0.29) is 5.75 Å². The van der Waals surface area contributed by atoms with Crippen LogP contribution in [0.5, 0.6) is 5.75 Å². The predicted octanol–water partition coefficient (Wildman–Crippen LogP) is 5.21. The molecule has 0 fully saturated rings. The van der Waals surface area contributed by atoms with Gasteiger partial charge in [0.25, 0.3) is 0 Å². The number of aryl methyl sites for hydroxylation is 1. The number of phenolic OH excluding ortho intramolecular Hbond substituents is 1. The van der Waals surface area contributed by atoms with Gasteiger partial charge >= 0.3 is 0 Å². The van der Waals surface area contributed by atoms with Gasteiger partial charge in [-0.15, -0.1) is 0 Å². The lowest BCUT2D eigenvalue weighted by Crippen LogP contribution is -2.23. The molecule has 0 unspecified atom stereocenters. The molecule has 1 N–H and O–H groups in total. The lowest BCUT2D eigenvalue weighted by atomic mass is 10.2. The van der Waals surface area contributed by atoms with Crippen LogP contribution >= 0.6 is 7.92 Å². The van der Waals surface area contributed by atoms with E-state index in [1.807, 2.05) is 19.2 Å². The van der Waals surface area contributed by atoms with Crippen molar-refractivity contribution in [2.24, 2.45) is 4.99 Å². The SMILES string of the molecule is Cc1cc(O)ccc1N=Cc1ccccc1P(c1ccccc1)c1ccccc1. The van der Waals surface area contributed by atoms with Gasteiger partial charge in [-0.25, -0.2) is 0 Å². The van der Waals surface area contributed by atoms with E-state index in [2.05, 4.69) is 84.9 Å². The average molecular weight is 395 g/mol. The van der Waals surface area contributed by atoms with Crippen molar-refractivity contribution in [1.29, 1.82) is 0 Å². The molecular weight excluding hydrogens is 373 g/mol. The van der Waals surface area contributed by atoms with Crippen molar-refractivity contribution in [3.63, 3.8) is 0 Å². The molecule has 0 aromatic heterocycles. The monoisotopic (exact) mass is 395 g/mol. The molecule has 4 aromatic rings. The molecule has 4 rings (SSSR count). The Bertz CT molecular complexity index is 1080. The van der Waals surface area contributed by atoms with Crippen LogP contribution in [0.1, 0.15) is 11.1 Å². The Hall–Kier alpha value is -3.22. The van der Waals surface area contributed by atoms with E-state index in [9.17, 15) is 5.11 Å². The van der Waals surface area contributed by atoms with Gasteiger partial charge in [-0.2, -0.15) is 0 Å². The van der Waals surface area contributed by atoms with E-state index in [1.165, 1.54) is 15.9 Å². The molecule has 0 radical (unpaired) electrons. The largest absolute Gasteiger partial charge is 0.508 e. The van der Waals surface area contributed by atoms with E-state index in [1.54, 1.807) is 12.1 Å². The van der Waals surface area contributed by atoms with E-state index < -0.39 is 7.92 Å². The Kier molecular flexibility index (Phi) is 5.84. The minimum Gasteiger partial charge on any atom is -0.508 e. The maximum Gasteiger partial charge on any atom is 0.115 e. The summed E-state index contributed by atoms with van der Waals surface area (Å²) in [6, 6.07) is 35.1. The summed E-state index contributed by atoms with van der Waals surface area (Å²) in [5.74, 6) is 0.263. The van der Waals surface area contributed by atoms with Crippen molar-refractivity contribution >= 4 is 35.7 Å². The first-order chi connectivity index (χ1) is 14.2. The van der Waals surface area contributed by atoms with Crippen LogP contribution in [0.2, 0.25) is 0 Å². The second kappa shape index (κ2) is 8.86. The van der Waals surface area contributed by atoms with Crippen LogP contribution in [-0.4, -0.2) is 11.3 Å². The van der Waals surface area contributed by atoms with E-state index in [4.69, 9.17) is 4.99 Å². The van der Waals surface area contributed by atoms with Crippen molar-refractivity contribution in [2.75, 3.05) is 0 Å². The third-order valence-corrected chi connectivity index (χ3v) is 7.25. The van der Waals surface area contributed by atoms with Crippen molar-refractivity contribution in [3.05, 3.63) is 114 Å². The predicted molar refractivity (Wildman–Crippen MR) is 125 cm³/mol. The highest BCUT2D eigenvalue weighted by atomic mass is 31.1. The molecule has 0 amide bonds. The molecule has 0 bridgehead atoms. The van der Waals surface area contributed by atoms with Gasteiger partial charge in [0.05, 0.1) is 5.69 Å². The highest BCUT2D eigenvalue weighted by Gasteiger charge is 2.18. The number of hydrogen-bond donors (Lipinski definition) is 1. The number of nitrogens with zero attached hydrogens (tertiary/aromatic N) is 1. The van der Waals surface area contributed by atoms with Crippen LogP contribution < -0.4 is 15.9 Å². The summed E-state index contributed by atoms with van der Waals surface area (Å²) in [5, 5.41) is 13.6. The summed E-state index contributed by atoms with van der Waals surface area (Å²) >= 11 is 0. The summed E-state index contributed by atoms with van der Waals surface area (Å²) in [4.78, 5) is 4.72. The van der Waals surface area contributed by atoms with Crippen LogP contribution in [0.15, 0.2) is 108 Å². The Morgan fingerprint density at radius 1 is 0.724 bits per heavy atom. The summed E-state index contributed by atoms with van der Waals surface area (Å²) < 4.78 is 0. The number of benzene rings is 4. The van der Waals surface area contributed by atoms with Crippen molar-refractivity contribution in [1.82, 2.24) is 0 Å². The summed E-state index contributed by atoms with van der Waals surface area (Å²) in [6.07, 6.45) is 1.94. The van der Waals surface area contributed by atoms with Gasteiger partial charge in [-0.05, 0) is 54.5 Å². The van der Waals surface area contributed by atoms with E-state index in [0.29, 0.717) is 0 Å².